The monoisotopic (exact) mass is 325 g/mol. The summed E-state index contributed by atoms with van der Waals surface area (Å²) in [5.41, 5.74) is 3.61. The van der Waals surface area contributed by atoms with Gasteiger partial charge in [0.25, 0.3) is 5.91 Å². The van der Waals surface area contributed by atoms with Gasteiger partial charge in [0.05, 0.1) is 16.6 Å². The Morgan fingerprint density at radius 2 is 2.09 bits per heavy atom. The highest BCUT2D eigenvalue weighted by atomic mass is 32.1. The zero-order valence-corrected chi connectivity index (χ0v) is 14.0. The minimum atomic E-state index is -0.156. The highest BCUT2D eigenvalue weighted by Gasteiger charge is 2.17. The van der Waals surface area contributed by atoms with Gasteiger partial charge < -0.3 is 5.32 Å². The van der Waals surface area contributed by atoms with E-state index in [0.29, 0.717) is 5.69 Å². The molecule has 118 valence electrons. The molecule has 4 nitrogen and oxygen atoms in total. The highest BCUT2D eigenvalue weighted by Crippen LogP contribution is 2.23. The van der Waals surface area contributed by atoms with Crippen LogP contribution >= 0.6 is 11.3 Å². The van der Waals surface area contributed by atoms with Gasteiger partial charge in [-0.15, -0.1) is 11.3 Å². The molecule has 2 aromatic heterocycles. The summed E-state index contributed by atoms with van der Waals surface area (Å²) in [7, 11) is 0. The van der Waals surface area contributed by atoms with Crippen LogP contribution in [0.4, 0.5) is 0 Å². The molecular weight excluding hydrogens is 306 g/mol. The van der Waals surface area contributed by atoms with Gasteiger partial charge in [-0.05, 0) is 36.4 Å². The van der Waals surface area contributed by atoms with Crippen molar-refractivity contribution in [3.05, 3.63) is 64.7 Å². The summed E-state index contributed by atoms with van der Waals surface area (Å²) in [4.78, 5) is 13.5. The van der Waals surface area contributed by atoms with Gasteiger partial charge in [0.15, 0.2) is 5.69 Å². The van der Waals surface area contributed by atoms with Gasteiger partial charge >= 0.3 is 0 Å². The number of thiophene rings is 1. The van der Waals surface area contributed by atoms with Crippen molar-refractivity contribution < 1.29 is 4.79 Å². The zero-order chi connectivity index (χ0) is 16.2. The van der Waals surface area contributed by atoms with Crippen molar-refractivity contribution in [2.45, 2.75) is 26.3 Å². The van der Waals surface area contributed by atoms with Crippen molar-refractivity contribution in [2.24, 2.45) is 0 Å². The third-order valence-corrected chi connectivity index (χ3v) is 4.69. The number of amides is 1. The number of aromatic amines is 1. The summed E-state index contributed by atoms with van der Waals surface area (Å²) in [5, 5.41) is 12.1. The van der Waals surface area contributed by atoms with Crippen LogP contribution in [-0.2, 0) is 0 Å². The Hall–Kier alpha value is -2.40. The summed E-state index contributed by atoms with van der Waals surface area (Å²) in [6.45, 7) is 4.12. The average Bonchev–Trinajstić information content (AvgIpc) is 3.24. The lowest BCUT2D eigenvalue weighted by Crippen LogP contribution is -2.28. The van der Waals surface area contributed by atoms with E-state index in [1.807, 2.05) is 17.5 Å². The van der Waals surface area contributed by atoms with E-state index in [-0.39, 0.29) is 11.9 Å². The Kier molecular flexibility index (Phi) is 4.57. The first-order valence-electron chi connectivity index (χ1n) is 7.64. The average molecular weight is 325 g/mol. The number of carbonyl (C=O) groups is 1. The van der Waals surface area contributed by atoms with Crippen molar-refractivity contribution in [1.82, 2.24) is 15.5 Å². The van der Waals surface area contributed by atoms with Crippen LogP contribution in [0.3, 0.4) is 0 Å². The second-order valence-corrected chi connectivity index (χ2v) is 6.44. The highest BCUT2D eigenvalue weighted by molar-refractivity contribution is 7.13. The van der Waals surface area contributed by atoms with E-state index >= 15 is 0 Å². The number of rotatable bonds is 5. The lowest BCUT2D eigenvalue weighted by Gasteiger charge is -2.17. The van der Waals surface area contributed by atoms with E-state index in [0.717, 1.165) is 22.6 Å². The summed E-state index contributed by atoms with van der Waals surface area (Å²) >= 11 is 1.61. The van der Waals surface area contributed by atoms with Gasteiger partial charge in [-0.3, -0.25) is 9.89 Å². The van der Waals surface area contributed by atoms with Crippen molar-refractivity contribution in [2.75, 3.05) is 0 Å². The van der Waals surface area contributed by atoms with Gasteiger partial charge in [-0.2, -0.15) is 5.10 Å². The van der Waals surface area contributed by atoms with E-state index in [2.05, 4.69) is 53.6 Å². The second kappa shape index (κ2) is 6.79. The standard InChI is InChI=1S/C18H19N3OS/c1-3-14(13-8-6-12(2)7-9-13)19-18(22)16-11-15(20-21-16)17-5-4-10-23-17/h4-11,14H,3H2,1-2H3,(H,19,22)(H,20,21). The van der Waals surface area contributed by atoms with Crippen LogP contribution in [0.2, 0.25) is 0 Å². The van der Waals surface area contributed by atoms with Crippen molar-refractivity contribution in [1.29, 1.82) is 0 Å². The molecule has 0 fully saturated rings. The third kappa shape index (κ3) is 3.51. The Morgan fingerprint density at radius 3 is 2.74 bits per heavy atom. The summed E-state index contributed by atoms with van der Waals surface area (Å²) < 4.78 is 0. The maximum Gasteiger partial charge on any atom is 0.272 e. The molecule has 5 heteroatoms. The summed E-state index contributed by atoms with van der Waals surface area (Å²) in [5.74, 6) is -0.156. The maximum atomic E-state index is 12.4. The molecule has 0 spiro atoms. The Labute approximate surface area is 139 Å². The largest absolute Gasteiger partial charge is 0.344 e. The number of nitrogens with one attached hydrogen (secondary N) is 2. The fourth-order valence-corrected chi connectivity index (χ4v) is 3.14. The number of nitrogens with zero attached hydrogens (tertiary/aromatic N) is 1. The minimum Gasteiger partial charge on any atom is -0.344 e. The summed E-state index contributed by atoms with van der Waals surface area (Å²) in [6, 6.07) is 14.0. The van der Waals surface area contributed by atoms with Gasteiger partial charge in [0.2, 0.25) is 0 Å². The molecule has 1 unspecified atom stereocenters. The van der Waals surface area contributed by atoms with Crippen molar-refractivity contribution >= 4 is 17.2 Å². The molecule has 2 heterocycles. The van der Waals surface area contributed by atoms with Crippen LogP contribution in [0.25, 0.3) is 10.6 Å². The van der Waals surface area contributed by atoms with Crippen LogP contribution < -0.4 is 5.32 Å². The number of hydrogen-bond acceptors (Lipinski definition) is 3. The number of benzene rings is 1. The molecule has 3 aromatic rings. The second-order valence-electron chi connectivity index (χ2n) is 5.49. The van der Waals surface area contributed by atoms with E-state index < -0.39 is 0 Å². The predicted molar refractivity (Wildman–Crippen MR) is 93.6 cm³/mol. The molecule has 0 aliphatic rings. The summed E-state index contributed by atoms with van der Waals surface area (Å²) in [6.07, 6.45) is 0.830. The maximum absolute atomic E-state index is 12.4. The smallest absolute Gasteiger partial charge is 0.272 e. The van der Waals surface area contributed by atoms with Crippen LogP contribution in [-0.4, -0.2) is 16.1 Å². The molecule has 23 heavy (non-hydrogen) atoms. The molecule has 1 aromatic carbocycles. The molecule has 1 amide bonds. The molecular formula is C18H19N3OS. The van der Waals surface area contributed by atoms with E-state index in [9.17, 15) is 4.79 Å². The zero-order valence-electron chi connectivity index (χ0n) is 13.2. The molecule has 0 bridgehead atoms. The van der Waals surface area contributed by atoms with Crippen LogP contribution in [0.1, 0.15) is 41.0 Å². The van der Waals surface area contributed by atoms with Crippen LogP contribution in [0.5, 0.6) is 0 Å². The Morgan fingerprint density at radius 1 is 1.30 bits per heavy atom. The normalized spacial score (nSPS) is 12.1. The van der Waals surface area contributed by atoms with Gasteiger partial charge in [-0.25, -0.2) is 0 Å². The molecule has 0 saturated heterocycles. The van der Waals surface area contributed by atoms with E-state index in [4.69, 9.17) is 0 Å². The van der Waals surface area contributed by atoms with Crippen LogP contribution in [0.15, 0.2) is 47.8 Å². The molecule has 3 rings (SSSR count). The topological polar surface area (TPSA) is 57.8 Å². The number of carbonyl (C=O) groups excluding carboxylic acids is 1. The van der Waals surface area contributed by atoms with Gasteiger partial charge in [0.1, 0.15) is 0 Å². The molecule has 2 N–H and O–H groups in total. The molecule has 0 radical (unpaired) electrons. The molecule has 1 atom stereocenters. The number of H-pyrrole nitrogens is 1. The SMILES string of the molecule is CCC(NC(=O)c1cc(-c2cccs2)[nH]n1)c1ccc(C)cc1. The Balaban J connectivity index is 1.74. The van der Waals surface area contributed by atoms with E-state index in [1.54, 1.807) is 17.4 Å². The lowest BCUT2D eigenvalue weighted by atomic mass is 10.0. The van der Waals surface area contributed by atoms with Crippen molar-refractivity contribution in [3.63, 3.8) is 0 Å². The Bertz CT molecular complexity index is 775. The van der Waals surface area contributed by atoms with Gasteiger partial charge in [0, 0.05) is 0 Å². The fraction of sp³-hybridized carbons (Fsp3) is 0.222. The van der Waals surface area contributed by atoms with Gasteiger partial charge in [-0.1, -0.05) is 42.8 Å². The van der Waals surface area contributed by atoms with Crippen molar-refractivity contribution in [3.8, 4) is 10.6 Å². The first kappa shape index (κ1) is 15.5. The molecule has 0 aliphatic heterocycles. The van der Waals surface area contributed by atoms with Crippen LogP contribution in [0, 0.1) is 6.92 Å². The first-order chi connectivity index (χ1) is 11.2. The quantitative estimate of drug-likeness (QED) is 0.733. The number of hydrogen-bond donors (Lipinski definition) is 2. The number of aromatic nitrogens is 2. The minimum absolute atomic E-state index is 0.00927. The third-order valence-electron chi connectivity index (χ3n) is 3.79. The first-order valence-corrected chi connectivity index (χ1v) is 8.52. The molecule has 0 aliphatic carbocycles. The fourth-order valence-electron chi connectivity index (χ4n) is 2.45. The lowest BCUT2D eigenvalue weighted by molar-refractivity contribution is 0.0930. The number of aryl methyl sites for hydroxylation is 1. The van der Waals surface area contributed by atoms with E-state index in [1.165, 1.54) is 5.56 Å². The predicted octanol–water partition coefficient (Wildman–Crippen LogP) is 4.33. The molecule has 0 saturated carbocycles.